The maximum Gasteiger partial charge on any atom is 0.253 e. The van der Waals surface area contributed by atoms with Crippen molar-refractivity contribution in [2.24, 2.45) is 7.05 Å². The van der Waals surface area contributed by atoms with Crippen molar-refractivity contribution in [3.05, 3.63) is 89.0 Å². The molecule has 3 heterocycles. The van der Waals surface area contributed by atoms with Crippen molar-refractivity contribution in [1.82, 2.24) is 29.0 Å². The molecule has 0 aliphatic carbocycles. The van der Waals surface area contributed by atoms with Gasteiger partial charge in [0.2, 0.25) is 0 Å². The summed E-state index contributed by atoms with van der Waals surface area (Å²) in [6, 6.07) is 16.1. The number of benzene rings is 2. The average molecular weight is 596 g/mol. The van der Waals surface area contributed by atoms with E-state index in [0.717, 1.165) is 57.3 Å². The number of amides is 1. The smallest absolute Gasteiger partial charge is 0.253 e. The van der Waals surface area contributed by atoms with Crippen molar-refractivity contribution in [3.63, 3.8) is 0 Å². The van der Waals surface area contributed by atoms with Gasteiger partial charge in [-0.1, -0.05) is 37.3 Å². The Balaban J connectivity index is 1.55. The summed E-state index contributed by atoms with van der Waals surface area (Å²) in [7, 11) is 3.73. The second-order valence-electron chi connectivity index (χ2n) is 11.3. The standard InChI is InChI=1S/C34H41N7O3/c1-6-25(21-43)29-19-30(36-20-24-9-7-10-27(17-24)32-35-13-15-39(32)4)41-33(37-29)31(23(3)38-41)26-12-11-22(2)28(18-26)34(44)40(5)14-8-16-42/h7,9-13,15,17-19,25,36,42-43H,6,8,14,16,20-21H2,1-5H3. The van der Waals surface area contributed by atoms with Crippen LogP contribution in [0.15, 0.2) is 60.9 Å². The fourth-order valence-electron chi connectivity index (χ4n) is 5.53. The number of anilines is 1. The lowest BCUT2D eigenvalue weighted by atomic mass is 9.98. The van der Waals surface area contributed by atoms with Crippen LogP contribution in [0.4, 0.5) is 5.82 Å². The Labute approximate surface area is 258 Å². The van der Waals surface area contributed by atoms with Crippen molar-refractivity contribution in [2.75, 3.05) is 32.1 Å². The van der Waals surface area contributed by atoms with Crippen LogP contribution in [-0.4, -0.2) is 72.0 Å². The van der Waals surface area contributed by atoms with Gasteiger partial charge in [-0.3, -0.25) is 4.79 Å². The van der Waals surface area contributed by atoms with E-state index in [0.29, 0.717) is 30.7 Å². The van der Waals surface area contributed by atoms with Gasteiger partial charge in [-0.2, -0.15) is 9.61 Å². The molecule has 0 saturated heterocycles. The Morgan fingerprint density at radius 3 is 2.61 bits per heavy atom. The van der Waals surface area contributed by atoms with E-state index in [1.165, 1.54) is 0 Å². The molecule has 0 aliphatic rings. The van der Waals surface area contributed by atoms with Gasteiger partial charge in [-0.15, -0.1) is 0 Å². The topological polar surface area (TPSA) is 121 Å². The Morgan fingerprint density at radius 2 is 1.91 bits per heavy atom. The van der Waals surface area contributed by atoms with E-state index in [4.69, 9.17) is 10.1 Å². The highest BCUT2D eigenvalue weighted by atomic mass is 16.3. The number of aliphatic hydroxyl groups excluding tert-OH is 2. The van der Waals surface area contributed by atoms with Gasteiger partial charge in [0.05, 0.1) is 18.0 Å². The highest BCUT2D eigenvalue weighted by Crippen LogP contribution is 2.33. The van der Waals surface area contributed by atoms with Gasteiger partial charge >= 0.3 is 0 Å². The van der Waals surface area contributed by atoms with Gasteiger partial charge < -0.3 is 25.0 Å². The molecule has 0 spiro atoms. The molecule has 10 heteroatoms. The molecule has 0 saturated carbocycles. The number of hydrogen-bond donors (Lipinski definition) is 3. The largest absolute Gasteiger partial charge is 0.396 e. The molecule has 5 rings (SSSR count). The predicted molar refractivity (Wildman–Crippen MR) is 173 cm³/mol. The third-order valence-electron chi connectivity index (χ3n) is 8.15. The summed E-state index contributed by atoms with van der Waals surface area (Å²) < 4.78 is 3.81. The normalized spacial score (nSPS) is 12.1. The van der Waals surface area contributed by atoms with E-state index in [2.05, 4.69) is 28.5 Å². The molecule has 2 aromatic carbocycles. The summed E-state index contributed by atoms with van der Waals surface area (Å²) in [5.41, 5.74) is 7.50. The predicted octanol–water partition coefficient (Wildman–Crippen LogP) is 4.97. The number of imidazole rings is 1. The van der Waals surface area contributed by atoms with Gasteiger partial charge in [0.1, 0.15) is 11.6 Å². The number of fused-ring (bicyclic) bond motifs is 1. The third kappa shape index (κ3) is 6.22. The summed E-state index contributed by atoms with van der Waals surface area (Å²) in [6.45, 7) is 6.94. The van der Waals surface area contributed by atoms with E-state index in [9.17, 15) is 15.0 Å². The number of carbonyl (C=O) groups is 1. The van der Waals surface area contributed by atoms with E-state index in [1.54, 1.807) is 18.1 Å². The van der Waals surface area contributed by atoms with E-state index < -0.39 is 0 Å². The average Bonchev–Trinajstić information content (AvgIpc) is 3.61. The minimum absolute atomic E-state index is 0.0172. The zero-order valence-corrected chi connectivity index (χ0v) is 26.1. The number of nitrogens with zero attached hydrogens (tertiary/aromatic N) is 6. The van der Waals surface area contributed by atoms with Crippen LogP contribution in [0.3, 0.4) is 0 Å². The van der Waals surface area contributed by atoms with Crippen molar-refractivity contribution >= 4 is 17.4 Å². The number of carbonyl (C=O) groups excluding carboxylic acids is 1. The molecule has 44 heavy (non-hydrogen) atoms. The van der Waals surface area contributed by atoms with Crippen LogP contribution in [0.25, 0.3) is 28.2 Å². The molecule has 0 radical (unpaired) electrons. The minimum atomic E-state index is -0.134. The van der Waals surface area contributed by atoms with Crippen LogP contribution >= 0.6 is 0 Å². The minimum Gasteiger partial charge on any atom is -0.396 e. The quantitative estimate of drug-likeness (QED) is 0.186. The number of aromatic nitrogens is 5. The summed E-state index contributed by atoms with van der Waals surface area (Å²) in [5.74, 6) is 1.44. The molecule has 0 aliphatic heterocycles. The Hall–Kier alpha value is -4.54. The number of hydrogen-bond acceptors (Lipinski definition) is 7. The van der Waals surface area contributed by atoms with Gasteiger partial charge in [0.15, 0.2) is 5.65 Å². The van der Waals surface area contributed by atoms with Crippen LogP contribution < -0.4 is 5.32 Å². The summed E-state index contributed by atoms with van der Waals surface area (Å²) >= 11 is 0. The Morgan fingerprint density at radius 1 is 1.09 bits per heavy atom. The third-order valence-corrected chi connectivity index (χ3v) is 8.15. The number of aliphatic hydroxyl groups is 2. The molecule has 0 bridgehead atoms. The first-order valence-electron chi connectivity index (χ1n) is 15.0. The number of nitrogens with one attached hydrogen (secondary N) is 1. The highest BCUT2D eigenvalue weighted by Gasteiger charge is 2.22. The molecule has 3 N–H and O–H groups in total. The number of rotatable bonds is 12. The van der Waals surface area contributed by atoms with Gasteiger partial charge in [0.25, 0.3) is 5.91 Å². The molecule has 5 aromatic rings. The van der Waals surface area contributed by atoms with Crippen LogP contribution in [0.5, 0.6) is 0 Å². The molecule has 1 atom stereocenters. The summed E-state index contributed by atoms with van der Waals surface area (Å²) in [6.07, 6.45) is 4.98. The molecular weight excluding hydrogens is 554 g/mol. The Bertz CT molecular complexity index is 1770. The van der Waals surface area contributed by atoms with Crippen LogP contribution in [-0.2, 0) is 13.6 Å². The van der Waals surface area contributed by atoms with Gasteiger partial charge in [0, 0.05) is 74.9 Å². The zero-order valence-electron chi connectivity index (χ0n) is 26.1. The maximum absolute atomic E-state index is 13.3. The molecule has 230 valence electrons. The second kappa shape index (κ2) is 13.4. The molecule has 1 amide bonds. The van der Waals surface area contributed by atoms with Crippen molar-refractivity contribution in [2.45, 2.75) is 46.1 Å². The zero-order chi connectivity index (χ0) is 31.4. The molecule has 0 fully saturated rings. The monoisotopic (exact) mass is 595 g/mol. The lowest BCUT2D eigenvalue weighted by Crippen LogP contribution is -2.28. The van der Waals surface area contributed by atoms with Crippen LogP contribution in [0.1, 0.15) is 58.6 Å². The van der Waals surface area contributed by atoms with Gasteiger partial charge in [-0.05, 0) is 55.5 Å². The van der Waals surface area contributed by atoms with Crippen molar-refractivity contribution < 1.29 is 15.0 Å². The first-order chi connectivity index (χ1) is 21.2. The summed E-state index contributed by atoms with van der Waals surface area (Å²) in [4.78, 5) is 24.5. The first kappa shape index (κ1) is 30.9. The van der Waals surface area contributed by atoms with Crippen molar-refractivity contribution in [1.29, 1.82) is 0 Å². The fraction of sp³-hybridized carbons (Fsp3) is 0.353. The van der Waals surface area contributed by atoms with E-state index in [1.807, 2.05) is 73.4 Å². The molecule has 10 nitrogen and oxygen atoms in total. The Kier molecular flexibility index (Phi) is 9.41. The molecular formula is C34H41N7O3. The summed E-state index contributed by atoms with van der Waals surface area (Å²) in [5, 5.41) is 27.9. The molecule has 1 unspecified atom stereocenters. The fourth-order valence-corrected chi connectivity index (χ4v) is 5.53. The second-order valence-corrected chi connectivity index (χ2v) is 11.3. The van der Waals surface area contributed by atoms with Crippen molar-refractivity contribution in [3.8, 4) is 22.5 Å². The first-order valence-corrected chi connectivity index (χ1v) is 15.0. The number of aryl methyl sites for hydroxylation is 3. The maximum atomic E-state index is 13.3. The van der Waals surface area contributed by atoms with Crippen LogP contribution in [0, 0.1) is 13.8 Å². The van der Waals surface area contributed by atoms with Gasteiger partial charge in [-0.25, -0.2) is 9.97 Å². The van der Waals surface area contributed by atoms with E-state index >= 15 is 0 Å². The lowest BCUT2D eigenvalue weighted by Gasteiger charge is -2.18. The van der Waals surface area contributed by atoms with Crippen LogP contribution in [0.2, 0.25) is 0 Å². The lowest BCUT2D eigenvalue weighted by molar-refractivity contribution is 0.0785. The SMILES string of the molecule is CCC(CO)c1cc(NCc2cccc(-c3nccn3C)c2)n2nc(C)c(-c3ccc(C)c(C(=O)N(C)CCCO)c3)c2n1. The highest BCUT2D eigenvalue weighted by molar-refractivity contribution is 5.97. The molecule has 3 aromatic heterocycles. The van der Waals surface area contributed by atoms with E-state index in [-0.39, 0.29) is 25.0 Å².